The second kappa shape index (κ2) is 5.57. The van der Waals surface area contributed by atoms with E-state index < -0.39 is 10.0 Å². The molecule has 0 radical (unpaired) electrons. The first-order valence-electron chi connectivity index (χ1n) is 5.82. The number of ether oxygens (including phenoxy) is 1. The first kappa shape index (κ1) is 13.8. The molecule has 1 saturated heterocycles. The normalized spacial score (nSPS) is 21.3. The minimum absolute atomic E-state index is 0.0868. The van der Waals surface area contributed by atoms with Gasteiger partial charge in [-0.1, -0.05) is 23.7 Å². The van der Waals surface area contributed by atoms with Crippen molar-refractivity contribution in [1.29, 1.82) is 0 Å². The van der Waals surface area contributed by atoms with Crippen LogP contribution in [0.4, 0.5) is 0 Å². The van der Waals surface area contributed by atoms with Crippen molar-refractivity contribution in [3.8, 4) is 0 Å². The summed E-state index contributed by atoms with van der Waals surface area (Å²) in [5.41, 5.74) is 0. The Morgan fingerprint density at radius 2 is 2.17 bits per heavy atom. The van der Waals surface area contributed by atoms with Crippen LogP contribution in [-0.4, -0.2) is 39.0 Å². The van der Waals surface area contributed by atoms with Crippen LogP contribution < -0.4 is 0 Å². The number of methoxy groups -OCH3 is 1. The summed E-state index contributed by atoms with van der Waals surface area (Å²) < 4.78 is 31.6. The van der Waals surface area contributed by atoms with E-state index >= 15 is 0 Å². The van der Waals surface area contributed by atoms with Gasteiger partial charge >= 0.3 is 0 Å². The zero-order valence-corrected chi connectivity index (χ0v) is 11.7. The van der Waals surface area contributed by atoms with Crippen LogP contribution in [0.2, 0.25) is 5.02 Å². The lowest BCUT2D eigenvalue weighted by atomic mass is 10.2. The molecule has 0 aromatic heterocycles. The maximum atomic E-state index is 12.5. The molecule has 1 atom stereocenters. The fourth-order valence-electron chi connectivity index (χ4n) is 2.26. The Labute approximate surface area is 113 Å². The molecule has 0 aliphatic carbocycles. The monoisotopic (exact) mass is 289 g/mol. The van der Waals surface area contributed by atoms with E-state index in [2.05, 4.69) is 0 Å². The van der Waals surface area contributed by atoms with Crippen molar-refractivity contribution in [3.05, 3.63) is 29.3 Å². The predicted octanol–water partition coefficient (Wildman–Crippen LogP) is 2.14. The summed E-state index contributed by atoms with van der Waals surface area (Å²) in [6.07, 6.45) is 1.69. The maximum Gasteiger partial charge on any atom is 0.244 e. The van der Waals surface area contributed by atoms with Crippen LogP contribution in [0.3, 0.4) is 0 Å². The van der Waals surface area contributed by atoms with Crippen LogP contribution >= 0.6 is 11.6 Å². The van der Waals surface area contributed by atoms with E-state index in [9.17, 15) is 8.42 Å². The van der Waals surface area contributed by atoms with Gasteiger partial charge in [0.1, 0.15) is 4.90 Å². The summed E-state index contributed by atoms with van der Waals surface area (Å²) in [7, 11) is -1.94. The molecule has 6 heteroatoms. The maximum absolute atomic E-state index is 12.5. The molecule has 0 N–H and O–H groups in total. The Hall–Kier alpha value is -0.620. The van der Waals surface area contributed by atoms with Gasteiger partial charge in [-0.15, -0.1) is 0 Å². The molecule has 100 valence electrons. The lowest BCUT2D eigenvalue weighted by Crippen LogP contribution is -2.38. The van der Waals surface area contributed by atoms with Gasteiger partial charge in [-0.05, 0) is 25.0 Å². The van der Waals surface area contributed by atoms with Gasteiger partial charge in [0.2, 0.25) is 10.0 Å². The van der Waals surface area contributed by atoms with Crippen LogP contribution in [0.15, 0.2) is 29.2 Å². The number of hydrogen-bond donors (Lipinski definition) is 0. The molecular weight excluding hydrogens is 274 g/mol. The van der Waals surface area contributed by atoms with Crippen LogP contribution in [0, 0.1) is 0 Å². The highest BCUT2D eigenvalue weighted by atomic mass is 35.5. The van der Waals surface area contributed by atoms with E-state index in [0.29, 0.717) is 13.2 Å². The molecule has 0 saturated carbocycles. The fraction of sp³-hybridized carbons (Fsp3) is 0.500. The molecule has 18 heavy (non-hydrogen) atoms. The van der Waals surface area contributed by atoms with E-state index in [1.165, 1.54) is 4.31 Å². The Kier molecular flexibility index (Phi) is 4.27. The number of halogens is 1. The molecule has 1 aromatic rings. The third kappa shape index (κ3) is 2.54. The zero-order chi connectivity index (χ0) is 13.2. The first-order valence-corrected chi connectivity index (χ1v) is 7.64. The quantitative estimate of drug-likeness (QED) is 0.853. The van der Waals surface area contributed by atoms with Crippen molar-refractivity contribution in [2.45, 2.75) is 23.8 Å². The van der Waals surface area contributed by atoms with Gasteiger partial charge in [-0.3, -0.25) is 0 Å². The van der Waals surface area contributed by atoms with Gasteiger partial charge < -0.3 is 4.74 Å². The Morgan fingerprint density at radius 1 is 1.44 bits per heavy atom. The van der Waals surface area contributed by atoms with Crippen molar-refractivity contribution in [2.24, 2.45) is 0 Å². The SMILES string of the molecule is COC[C@H]1CCCN1S(=O)(=O)c1ccccc1Cl. The third-order valence-corrected chi connectivity index (χ3v) is 5.56. The van der Waals surface area contributed by atoms with E-state index in [1.54, 1.807) is 31.4 Å². The van der Waals surface area contributed by atoms with Crippen molar-refractivity contribution in [2.75, 3.05) is 20.3 Å². The number of benzene rings is 1. The van der Waals surface area contributed by atoms with Gasteiger partial charge in [0.05, 0.1) is 11.6 Å². The third-order valence-electron chi connectivity index (χ3n) is 3.11. The number of nitrogens with zero attached hydrogens (tertiary/aromatic N) is 1. The lowest BCUT2D eigenvalue weighted by Gasteiger charge is -2.23. The van der Waals surface area contributed by atoms with E-state index in [-0.39, 0.29) is 16.0 Å². The second-order valence-corrected chi connectivity index (χ2v) is 6.56. The summed E-state index contributed by atoms with van der Waals surface area (Å²) in [6, 6.07) is 6.45. The second-order valence-electron chi connectivity index (χ2n) is 4.30. The van der Waals surface area contributed by atoms with Crippen LogP contribution in [0.25, 0.3) is 0 Å². The topological polar surface area (TPSA) is 46.6 Å². The summed E-state index contributed by atoms with van der Waals surface area (Å²) in [5.74, 6) is 0. The number of rotatable bonds is 4. The Bertz CT molecular complexity index is 518. The summed E-state index contributed by atoms with van der Waals surface area (Å²) in [6.45, 7) is 0.950. The molecule has 0 bridgehead atoms. The first-order chi connectivity index (χ1) is 8.57. The molecule has 4 nitrogen and oxygen atoms in total. The molecular formula is C12H16ClNO3S. The van der Waals surface area contributed by atoms with Crippen LogP contribution in [0.1, 0.15) is 12.8 Å². The molecule has 1 aliphatic heterocycles. The molecule has 2 rings (SSSR count). The zero-order valence-electron chi connectivity index (χ0n) is 10.2. The highest BCUT2D eigenvalue weighted by Crippen LogP contribution is 2.29. The Morgan fingerprint density at radius 3 is 2.83 bits per heavy atom. The van der Waals surface area contributed by atoms with Crippen LogP contribution in [0.5, 0.6) is 0 Å². The molecule has 1 fully saturated rings. The van der Waals surface area contributed by atoms with Gasteiger partial charge in [0.15, 0.2) is 0 Å². The molecule has 1 aromatic carbocycles. The van der Waals surface area contributed by atoms with Crippen molar-refractivity contribution >= 4 is 21.6 Å². The summed E-state index contributed by atoms with van der Waals surface area (Å²) in [5, 5.41) is 0.264. The van der Waals surface area contributed by atoms with Gasteiger partial charge in [-0.2, -0.15) is 4.31 Å². The van der Waals surface area contributed by atoms with Gasteiger partial charge in [0.25, 0.3) is 0 Å². The van der Waals surface area contributed by atoms with Gasteiger partial charge in [0, 0.05) is 19.7 Å². The highest BCUT2D eigenvalue weighted by molar-refractivity contribution is 7.89. The van der Waals surface area contributed by atoms with Crippen molar-refractivity contribution in [1.82, 2.24) is 4.31 Å². The lowest BCUT2D eigenvalue weighted by molar-refractivity contribution is 0.149. The average Bonchev–Trinajstić information content (AvgIpc) is 2.79. The Balaban J connectivity index is 2.34. The minimum atomic E-state index is -3.52. The van der Waals surface area contributed by atoms with E-state index in [0.717, 1.165) is 12.8 Å². The molecule has 0 unspecified atom stereocenters. The average molecular weight is 290 g/mol. The largest absolute Gasteiger partial charge is 0.383 e. The molecule has 0 spiro atoms. The molecule has 0 amide bonds. The standard InChI is InChI=1S/C12H16ClNO3S/c1-17-9-10-5-4-8-14(10)18(15,16)12-7-3-2-6-11(12)13/h2-3,6-7,10H,4-5,8-9H2,1H3/t10-/m1/s1. The minimum Gasteiger partial charge on any atom is -0.383 e. The molecule has 1 aliphatic rings. The predicted molar refractivity (Wildman–Crippen MR) is 70.2 cm³/mol. The van der Waals surface area contributed by atoms with E-state index in [4.69, 9.17) is 16.3 Å². The number of hydrogen-bond acceptors (Lipinski definition) is 3. The fourth-order valence-corrected chi connectivity index (χ4v) is 4.44. The summed E-state index contributed by atoms with van der Waals surface area (Å²) in [4.78, 5) is 0.176. The number of sulfonamides is 1. The van der Waals surface area contributed by atoms with Crippen molar-refractivity contribution in [3.63, 3.8) is 0 Å². The highest BCUT2D eigenvalue weighted by Gasteiger charge is 2.36. The van der Waals surface area contributed by atoms with E-state index in [1.807, 2.05) is 0 Å². The summed E-state index contributed by atoms with van der Waals surface area (Å²) >= 11 is 5.97. The molecule has 1 heterocycles. The smallest absolute Gasteiger partial charge is 0.244 e. The van der Waals surface area contributed by atoms with Gasteiger partial charge in [-0.25, -0.2) is 8.42 Å². The van der Waals surface area contributed by atoms with Crippen LogP contribution in [-0.2, 0) is 14.8 Å². The van der Waals surface area contributed by atoms with Crippen molar-refractivity contribution < 1.29 is 13.2 Å².